The molecule has 0 aliphatic carbocycles. The van der Waals surface area contributed by atoms with E-state index in [0.29, 0.717) is 22.4 Å². The lowest BCUT2D eigenvalue weighted by molar-refractivity contribution is -0.137. The number of fused-ring (bicyclic) bond motifs is 1. The molecule has 148 valence electrons. The summed E-state index contributed by atoms with van der Waals surface area (Å²) < 4.78 is 41.4. The van der Waals surface area contributed by atoms with Crippen LogP contribution in [0.5, 0.6) is 0 Å². The maximum absolute atomic E-state index is 12.7. The average Bonchev–Trinajstić information content (AvgIpc) is 3.33. The Kier molecular flexibility index (Phi) is 4.97. The van der Waals surface area contributed by atoms with Crippen molar-refractivity contribution in [2.24, 2.45) is 0 Å². The molecule has 4 aromatic rings. The first-order valence-electron chi connectivity index (χ1n) is 8.35. The zero-order valence-electron chi connectivity index (χ0n) is 14.7. The van der Waals surface area contributed by atoms with E-state index in [1.807, 2.05) is 6.07 Å². The molecule has 0 aliphatic heterocycles. The molecule has 0 radical (unpaired) electrons. The Labute approximate surface area is 166 Å². The van der Waals surface area contributed by atoms with Gasteiger partial charge in [0, 0.05) is 24.3 Å². The van der Waals surface area contributed by atoms with E-state index < -0.39 is 11.7 Å². The van der Waals surface area contributed by atoms with E-state index in [1.54, 1.807) is 33.5 Å². The standard InChI is InChI=1S/C18H13F3N6OS/c19-18(20,21)12-4-6-13(7-5-12)26-10-8-22-17(26)29-11-15(28)23-16-25-24-14-3-1-2-9-27(14)16/h1-10H,11H2,(H,23,25,28). The predicted octanol–water partition coefficient (Wildman–Crippen LogP) is 3.66. The van der Waals surface area contributed by atoms with Crippen LogP contribution in [0.3, 0.4) is 0 Å². The number of aromatic nitrogens is 5. The van der Waals surface area contributed by atoms with Crippen LogP contribution in [0.2, 0.25) is 0 Å². The van der Waals surface area contributed by atoms with Gasteiger partial charge in [-0.1, -0.05) is 17.8 Å². The van der Waals surface area contributed by atoms with Crippen LogP contribution >= 0.6 is 11.8 Å². The number of anilines is 1. The highest BCUT2D eigenvalue weighted by Gasteiger charge is 2.30. The van der Waals surface area contributed by atoms with E-state index in [0.717, 1.165) is 23.9 Å². The van der Waals surface area contributed by atoms with Gasteiger partial charge in [0.25, 0.3) is 0 Å². The lowest BCUT2D eigenvalue weighted by atomic mass is 10.2. The van der Waals surface area contributed by atoms with E-state index >= 15 is 0 Å². The van der Waals surface area contributed by atoms with E-state index in [4.69, 9.17) is 0 Å². The number of hydrogen-bond donors (Lipinski definition) is 1. The average molecular weight is 418 g/mol. The van der Waals surface area contributed by atoms with Gasteiger partial charge in [0.1, 0.15) is 0 Å². The summed E-state index contributed by atoms with van der Waals surface area (Å²) in [6, 6.07) is 10.1. The van der Waals surface area contributed by atoms with E-state index in [-0.39, 0.29) is 11.7 Å². The van der Waals surface area contributed by atoms with Crippen LogP contribution in [0.4, 0.5) is 19.1 Å². The Morgan fingerprint density at radius 2 is 1.86 bits per heavy atom. The van der Waals surface area contributed by atoms with Crippen molar-refractivity contribution in [3.8, 4) is 5.69 Å². The van der Waals surface area contributed by atoms with Gasteiger partial charge in [-0.25, -0.2) is 4.98 Å². The van der Waals surface area contributed by atoms with Gasteiger partial charge in [-0.2, -0.15) is 13.2 Å². The van der Waals surface area contributed by atoms with Gasteiger partial charge in [0.05, 0.1) is 11.3 Å². The van der Waals surface area contributed by atoms with Crippen LogP contribution in [-0.4, -0.2) is 35.8 Å². The predicted molar refractivity (Wildman–Crippen MR) is 101 cm³/mol. The molecular formula is C18H13F3N6OS. The molecule has 3 aromatic heterocycles. The molecule has 0 fully saturated rings. The Bertz CT molecular complexity index is 1150. The van der Waals surface area contributed by atoms with Crippen molar-refractivity contribution in [1.82, 2.24) is 24.1 Å². The number of amides is 1. The van der Waals surface area contributed by atoms with Crippen LogP contribution in [0, 0.1) is 0 Å². The van der Waals surface area contributed by atoms with Crippen molar-refractivity contribution in [3.05, 3.63) is 66.6 Å². The Balaban J connectivity index is 1.43. The third-order valence-electron chi connectivity index (χ3n) is 3.98. The van der Waals surface area contributed by atoms with Crippen molar-refractivity contribution in [2.75, 3.05) is 11.1 Å². The highest BCUT2D eigenvalue weighted by molar-refractivity contribution is 7.99. The quantitative estimate of drug-likeness (QED) is 0.501. The summed E-state index contributed by atoms with van der Waals surface area (Å²) in [5.74, 6) is 0.0340. The van der Waals surface area contributed by atoms with Crippen molar-refractivity contribution in [3.63, 3.8) is 0 Å². The fourth-order valence-electron chi connectivity index (χ4n) is 2.62. The summed E-state index contributed by atoms with van der Waals surface area (Å²) >= 11 is 1.15. The van der Waals surface area contributed by atoms with Crippen molar-refractivity contribution in [1.29, 1.82) is 0 Å². The summed E-state index contributed by atoms with van der Waals surface area (Å²) in [4.78, 5) is 16.5. The first kappa shape index (κ1) is 19.0. The van der Waals surface area contributed by atoms with Crippen molar-refractivity contribution in [2.45, 2.75) is 11.3 Å². The number of rotatable bonds is 5. The number of nitrogens with one attached hydrogen (secondary N) is 1. The van der Waals surface area contributed by atoms with Crippen molar-refractivity contribution >= 4 is 29.3 Å². The van der Waals surface area contributed by atoms with E-state index in [2.05, 4.69) is 20.5 Å². The third-order valence-corrected chi connectivity index (χ3v) is 4.94. The number of halogens is 3. The minimum Gasteiger partial charge on any atom is -0.295 e. The molecule has 7 nitrogen and oxygen atoms in total. The topological polar surface area (TPSA) is 77.1 Å². The maximum Gasteiger partial charge on any atom is 0.416 e. The van der Waals surface area contributed by atoms with Gasteiger partial charge in [-0.05, 0) is 36.4 Å². The lowest BCUT2D eigenvalue weighted by Gasteiger charge is -2.10. The molecule has 0 atom stereocenters. The largest absolute Gasteiger partial charge is 0.416 e. The second kappa shape index (κ2) is 7.59. The molecule has 1 N–H and O–H groups in total. The molecule has 1 aromatic carbocycles. The normalized spacial score (nSPS) is 11.7. The number of pyridine rings is 1. The fourth-order valence-corrected chi connectivity index (χ4v) is 3.39. The molecule has 0 saturated heterocycles. The Hall–Kier alpha value is -3.34. The number of hydrogen-bond acceptors (Lipinski definition) is 5. The maximum atomic E-state index is 12.7. The van der Waals surface area contributed by atoms with Gasteiger partial charge < -0.3 is 0 Å². The highest BCUT2D eigenvalue weighted by atomic mass is 32.2. The summed E-state index contributed by atoms with van der Waals surface area (Å²) in [5, 5.41) is 11.0. The zero-order chi connectivity index (χ0) is 20.4. The first-order chi connectivity index (χ1) is 13.9. The molecule has 1 amide bonds. The molecule has 0 spiro atoms. The fraction of sp³-hybridized carbons (Fsp3) is 0.111. The third kappa shape index (κ3) is 4.09. The zero-order valence-corrected chi connectivity index (χ0v) is 15.5. The van der Waals surface area contributed by atoms with Gasteiger partial charge in [-0.3, -0.25) is 19.1 Å². The van der Waals surface area contributed by atoms with Crippen LogP contribution in [-0.2, 0) is 11.0 Å². The highest BCUT2D eigenvalue weighted by Crippen LogP contribution is 2.30. The SMILES string of the molecule is O=C(CSc1nccn1-c1ccc(C(F)(F)F)cc1)Nc1nnc2ccccn12. The first-order valence-corrected chi connectivity index (χ1v) is 9.34. The molecule has 0 aliphatic rings. The molecule has 11 heteroatoms. The molecule has 0 unspecified atom stereocenters. The monoisotopic (exact) mass is 418 g/mol. The second-order valence-corrected chi connectivity index (χ2v) is 6.86. The number of benzene rings is 1. The molecule has 3 heterocycles. The Morgan fingerprint density at radius 3 is 2.62 bits per heavy atom. The molecule has 4 rings (SSSR count). The number of nitrogens with zero attached hydrogens (tertiary/aromatic N) is 5. The van der Waals surface area contributed by atoms with Crippen LogP contribution in [0.15, 0.2) is 66.2 Å². The summed E-state index contributed by atoms with van der Waals surface area (Å²) in [6.45, 7) is 0. The summed E-state index contributed by atoms with van der Waals surface area (Å²) in [6.07, 6.45) is 0.475. The molecule has 0 bridgehead atoms. The smallest absolute Gasteiger partial charge is 0.295 e. The number of imidazole rings is 1. The van der Waals surface area contributed by atoms with Crippen LogP contribution in [0.25, 0.3) is 11.3 Å². The number of alkyl halides is 3. The van der Waals surface area contributed by atoms with Gasteiger partial charge in [0.15, 0.2) is 10.8 Å². The molecule has 0 saturated carbocycles. The van der Waals surface area contributed by atoms with Gasteiger partial charge in [-0.15, -0.1) is 10.2 Å². The second-order valence-electron chi connectivity index (χ2n) is 5.91. The Morgan fingerprint density at radius 1 is 1.07 bits per heavy atom. The molecular weight excluding hydrogens is 405 g/mol. The summed E-state index contributed by atoms with van der Waals surface area (Å²) in [7, 11) is 0. The minimum absolute atomic E-state index is 0.0411. The summed E-state index contributed by atoms with van der Waals surface area (Å²) in [5.41, 5.74) is 0.394. The number of thioether (sulfide) groups is 1. The number of carbonyl (C=O) groups is 1. The van der Waals surface area contributed by atoms with E-state index in [1.165, 1.54) is 18.3 Å². The van der Waals surface area contributed by atoms with Crippen molar-refractivity contribution < 1.29 is 18.0 Å². The lowest BCUT2D eigenvalue weighted by Crippen LogP contribution is -2.16. The minimum atomic E-state index is -4.39. The van der Waals surface area contributed by atoms with Crippen LogP contribution in [0.1, 0.15) is 5.56 Å². The molecule has 29 heavy (non-hydrogen) atoms. The van der Waals surface area contributed by atoms with E-state index in [9.17, 15) is 18.0 Å². The number of carbonyl (C=O) groups excluding carboxylic acids is 1. The van der Waals surface area contributed by atoms with Crippen LogP contribution < -0.4 is 5.32 Å². The van der Waals surface area contributed by atoms with Gasteiger partial charge in [0.2, 0.25) is 11.9 Å². The van der Waals surface area contributed by atoms with Gasteiger partial charge >= 0.3 is 6.18 Å².